The van der Waals surface area contributed by atoms with Crippen LogP contribution in [-0.2, 0) is 51.3 Å². The van der Waals surface area contributed by atoms with Crippen molar-refractivity contribution in [3.63, 3.8) is 0 Å². The molecule has 0 heterocycles. The van der Waals surface area contributed by atoms with E-state index in [2.05, 4.69) is 47.6 Å². The van der Waals surface area contributed by atoms with Gasteiger partial charge in [-0.2, -0.15) is 8.42 Å². The molecule has 2 aliphatic carbocycles. The third-order valence-corrected chi connectivity index (χ3v) is 23.5. The Morgan fingerprint density at radius 1 is 0.373 bits per heavy atom. The van der Waals surface area contributed by atoms with Crippen molar-refractivity contribution in [1.29, 1.82) is 0 Å². The van der Waals surface area contributed by atoms with Crippen LogP contribution in [0.15, 0.2) is 123 Å². The topological polar surface area (TPSA) is 268 Å². The predicted molar refractivity (Wildman–Crippen MR) is 402 cm³/mol. The molecule has 16 nitrogen and oxygen atoms in total. The summed E-state index contributed by atoms with van der Waals surface area (Å²) in [6.45, 7) is 34.1. The number of hydrogen-bond acceptors (Lipinski definition) is 16. The second-order valence-corrected chi connectivity index (χ2v) is 37.2. The molecular weight excluding hydrogens is 1370 g/mol. The van der Waals surface area contributed by atoms with E-state index in [0.29, 0.717) is 51.0 Å². The Kier molecular flexibility index (Phi) is 29.6. The largest absolute Gasteiger partial charge is 0.744 e. The number of rotatable bonds is 18. The van der Waals surface area contributed by atoms with E-state index in [4.69, 9.17) is 13.7 Å². The Labute approximate surface area is 611 Å². The van der Waals surface area contributed by atoms with Crippen LogP contribution >= 0.6 is 0 Å². The molecule has 2 saturated carbocycles. The number of carbonyl (C=O) groups is 2. The van der Waals surface area contributed by atoms with Crippen molar-refractivity contribution in [1.82, 2.24) is 0 Å². The zero-order valence-corrected chi connectivity index (χ0v) is 66.7. The predicted octanol–water partition coefficient (Wildman–Crippen LogP) is 20.7. The number of benzene rings is 6. The Balaban J connectivity index is 0.000000242. The van der Waals surface area contributed by atoms with Gasteiger partial charge in [0.1, 0.15) is 52.5 Å². The fourth-order valence-corrected chi connectivity index (χ4v) is 17.4. The second-order valence-electron chi connectivity index (χ2n) is 31.7. The maximum atomic E-state index is 13.2. The fourth-order valence-electron chi connectivity index (χ4n) is 13.3. The maximum absolute atomic E-state index is 13.2. The lowest BCUT2D eigenvalue weighted by molar-refractivity contribution is 0.0723. The summed E-state index contributed by atoms with van der Waals surface area (Å²) >= 11 is 0. The van der Waals surface area contributed by atoms with E-state index < -0.39 is 52.4 Å². The standard InChI is InChI=1S/C30H44O6S2.C27H38O5S.C25H32O5S/c1-22(2)28-20-26(21-29(23(3)4)30(28)37(31,32)33)36-38(34,35)27-18-16-25(17-19-27)24-14-12-10-8-6-5-7-9-11-13-15-24;1-16(2)22-14-21(15-23(17(3)4)24(22)33(29,30)31)32-25(28)18-11-19(26(5,6)7)13-20(12-18)27(8,9)10;1-16(2)21-15-24(31(27,28)29)22(17(3)4)14-23(21)30-25(26)20-12-10-19(11-13-20)18-8-6-5-7-9-18/h16-24H,5-15H2,1-4H3,(H,31,32,33);11-17H,1-10H3,(H,29,30,31);10-18H,5-9H2,1-4H3,(H,27,28,29)/p-3. The summed E-state index contributed by atoms with van der Waals surface area (Å²) in [5, 5.41) is 0. The smallest absolute Gasteiger partial charge is 0.343 e. The van der Waals surface area contributed by atoms with E-state index in [1.807, 2.05) is 77.9 Å². The lowest BCUT2D eigenvalue weighted by Crippen LogP contribution is -2.19. The molecule has 562 valence electrons. The zero-order valence-electron chi connectivity index (χ0n) is 63.4. The number of carbonyl (C=O) groups excluding carboxylic acids is 2. The molecular formula is C82H111O16S4-3. The van der Waals surface area contributed by atoms with Crippen LogP contribution < -0.4 is 13.7 Å². The van der Waals surface area contributed by atoms with Gasteiger partial charge in [0.05, 0.1) is 25.8 Å². The summed E-state index contributed by atoms with van der Waals surface area (Å²) in [5.41, 5.74) is 7.15. The van der Waals surface area contributed by atoms with Crippen LogP contribution in [0.1, 0.15) is 351 Å². The summed E-state index contributed by atoms with van der Waals surface area (Å²) in [5.74, 6) is -0.946. The minimum Gasteiger partial charge on any atom is -0.744 e. The molecule has 0 atom stereocenters. The molecule has 2 aliphatic rings. The van der Waals surface area contributed by atoms with Gasteiger partial charge in [0.15, 0.2) is 0 Å². The molecule has 0 N–H and O–H groups in total. The highest BCUT2D eigenvalue weighted by molar-refractivity contribution is 7.87. The van der Waals surface area contributed by atoms with Gasteiger partial charge in [-0.1, -0.05) is 232 Å². The monoisotopic (exact) mass is 1480 g/mol. The van der Waals surface area contributed by atoms with Crippen molar-refractivity contribution in [3.05, 3.63) is 170 Å². The summed E-state index contributed by atoms with van der Waals surface area (Å²) < 4.78 is 151. The van der Waals surface area contributed by atoms with Gasteiger partial charge in [0.2, 0.25) is 0 Å². The molecule has 0 spiro atoms. The van der Waals surface area contributed by atoms with E-state index in [1.54, 1.807) is 65.8 Å². The van der Waals surface area contributed by atoms with Gasteiger partial charge in [-0.05, 0) is 212 Å². The minimum absolute atomic E-state index is 0.00759. The van der Waals surface area contributed by atoms with Gasteiger partial charge in [-0.15, -0.1) is 0 Å². The van der Waals surface area contributed by atoms with Crippen LogP contribution in [0, 0.1) is 0 Å². The molecule has 0 unspecified atom stereocenters. The summed E-state index contributed by atoms with van der Waals surface area (Å²) in [7, 11) is -18.2. The first kappa shape index (κ1) is 84.7. The molecule has 0 radical (unpaired) electrons. The SMILES string of the molecule is CC(C)c1cc(OC(=O)c2cc(C(C)(C)C)cc(C(C)(C)C)c2)cc(C(C)C)c1S(=O)(=O)[O-].CC(C)c1cc(OS(=O)(=O)c2ccc(C3CCCCCCCCCCC3)cc2)cc(C(C)C)c1S(=O)(=O)[O-].CC(C)c1cc(S(=O)(=O)[O-])c(C(C)C)cc1OC(=O)c1ccc(C2CCCCC2)cc1. The van der Waals surface area contributed by atoms with Gasteiger partial charge in [-0.25, -0.2) is 34.8 Å². The third kappa shape index (κ3) is 23.6. The highest BCUT2D eigenvalue weighted by atomic mass is 32.2. The lowest BCUT2D eigenvalue weighted by Gasteiger charge is -2.26. The first-order valence-corrected chi connectivity index (χ1v) is 42.1. The highest BCUT2D eigenvalue weighted by Gasteiger charge is 2.29. The van der Waals surface area contributed by atoms with E-state index in [1.165, 1.54) is 132 Å². The quantitative estimate of drug-likeness (QED) is 0.0335. The first-order chi connectivity index (χ1) is 47.3. The van der Waals surface area contributed by atoms with Gasteiger partial charge in [0.25, 0.3) is 0 Å². The lowest BCUT2D eigenvalue weighted by atomic mass is 9.79. The number of ether oxygens (including phenoxy) is 2. The summed E-state index contributed by atoms with van der Waals surface area (Å²) in [6.07, 6.45) is 19.9. The summed E-state index contributed by atoms with van der Waals surface area (Å²) in [4.78, 5) is 25.4. The van der Waals surface area contributed by atoms with Gasteiger partial charge < -0.3 is 27.3 Å². The van der Waals surface area contributed by atoms with Crippen molar-refractivity contribution in [2.24, 2.45) is 0 Å². The molecule has 2 fully saturated rings. The molecule has 0 amide bonds. The van der Waals surface area contributed by atoms with Gasteiger partial charge in [-0.3, -0.25) is 0 Å². The average Bonchev–Trinajstić information content (AvgIpc) is 0.785. The fraction of sp³-hybridized carbons (Fsp3) is 0.537. The normalized spacial score (nSPS) is 15.3. The van der Waals surface area contributed by atoms with Crippen LogP contribution in [0.4, 0.5) is 0 Å². The van der Waals surface area contributed by atoms with Crippen molar-refractivity contribution >= 4 is 52.4 Å². The van der Waals surface area contributed by atoms with E-state index in [-0.39, 0.29) is 88.5 Å². The van der Waals surface area contributed by atoms with Crippen LogP contribution in [-0.4, -0.2) is 59.3 Å². The maximum Gasteiger partial charge on any atom is 0.343 e. The van der Waals surface area contributed by atoms with Crippen molar-refractivity contribution in [2.45, 2.75) is 305 Å². The molecule has 8 rings (SSSR count). The van der Waals surface area contributed by atoms with E-state index in [0.717, 1.165) is 29.5 Å². The summed E-state index contributed by atoms with van der Waals surface area (Å²) in [6, 6.07) is 29.0. The molecule has 6 aromatic rings. The minimum atomic E-state index is -4.75. The van der Waals surface area contributed by atoms with Gasteiger partial charge >= 0.3 is 22.1 Å². The molecule has 0 aliphatic heterocycles. The van der Waals surface area contributed by atoms with E-state index in [9.17, 15) is 56.9 Å². The molecule has 20 heteroatoms. The Morgan fingerprint density at radius 3 is 1.05 bits per heavy atom. The molecule has 6 aromatic carbocycles. The van der Waals surface area contributed by atoms with E-state index >= 15 is 0 Å². The van der Waals surface area contributed by atoms with Crippen LogP contribution in [0.25, 0.3) is 0 Å². The molecule has 102 heavy (non-hydrogen) atoms. The molecule has 0 bridgehead atoms. The third-order valence-electron chi connectivity index (χ3n) is 19.4. The molecule has 0 saturated heterocycles. The van der Waals surface area contributed by atoms with Crippen LogP contribution in [0.2, 0.25) is 0 Å². The van der Waals surface area contributed by atoms with Crippen LogP contribution in [0.5, 0.6) is 17.2 Å². The Hall–Kier alpha value is -6.26. The highest BCUT2D eigenvalue weighted by Crippen LogP contribution is 2.41. The molecule has 0 aromatic heterocycles. The van der Waals surface area contributed by atoms with Crippen molar-refractivity contribution < 1.29 is 70.6 Å². The van der Waals surface area contributed by atoms with Crippen molar-refractivity contribution in [2.75, 3.05) is 0 Å². The Bertz CT molecular complexity index is 4220. The second kappa shape index (κ2) is 35.7. The average molecular weight is 1480 g/mol. The number of esters is 2. The first-order valence-electron chi connectivity index (χ1n) is 36.5. The van der Waals surface area contributed by atoms with Crippen molar-refractivity contribution in [3.8, 4) is 17.2 Å². The van der Waals surface area contributed by atoms with Gasteiger partial charge in [0, 0.05) is 0 Å². The van der Waals surface area contributed by atoms with Crippen LogP contribution in [0.3, 0.4) is 0 Å². The zero-order chi connectivity index (χ0) is 76.2. The Morgan fingerprint density at radius 2 is 0.706 bits per heavy atom. The number of hydrogen-bond donors (Lipinski definition) is 0.